The summed E-state index contributed by atoms with van der Waals surface area (Å²) in [5.74, 6) is -1.35. The summed E-state index contributed by atoms with van der Waals surface area (Å²) in [7, 11) is -4.59. The Balaban J connectivity index is 2.11. The molecule has 7 nitrogen and oxygen atoms in total. The number of unbranched alkanes of at least 4 members (excludes halogenated alkanes) is 1. The fraction of sp³-hybridized carbons (Fsp3) is 0.333. The molecule has 2 amide bonds. The lowest BCUT2D eigenvalue weighted by atomic mass is 10.1. The van der Waals surface area contributed by atoms with E-state index in [2.05, 4.69) is 5.32 Å². The summed E-state index contributed by atoms with van der Waals surface area (Å²) in [6, 6.07) is 11.7. The number of carbonyl (C=O) groups excluding carboxylic acids is 2. The van der Waals surface area contributed by atoms with Gasteiger partial charge in [0, 0.05) is 13.1 Å². The summed E-state index contributed by atoms with van der Waals surface area (Å²) < 4.78 is 69.7. The zero-order valence-corrected chi connectivity index (χ0v) is 27.2. The second-order valence-electron chi connectivity index (χ2n) is 10.1. The predicted molar refractivity (Wildman–Crippen MR) is 167 cm³/mol. The van der Waals surface area contributed by atoms with Crippen molar-refractivity contribution in [1.82, 2.24) is 10.2 Å². The van der Waals surface area contributed by atoms with E-state index in [4.69, 9.17) is 34.8 Å². The fourth-order valence-electron chi connectivity index (χ4n) is 4.21. The van der Waals surface area contributed by atoms with E-state index < -0.39 is 56.9 Å². The van der Waals surface area contributed by atoms with Crippen LogP contribution in [0, 0.1) is 6.92 Å². The molecule has 3 aromatic carbocycles. The molecule has 44 heavy (non-hydrogen) atoms. The van der Waals surface area contributed by atoms with Crippen LogP contribution in [0.4, 0.5) is 18.9 Å². The molecule has 0 saturated heterocycles. The zero-order valence-electron chi connectivity index (χ0n) is 24.1. The van der Waals surface area contributed by atoms with Gasteiger partial charge < -0.3 is 10.2 Å². The molecule has 0 spiro atoms. The molecule has 238 valence electrons. The third kappa shape index (κ3) is 8.80. The number of aryl methyl sites for hydroxylation is 1. The van der Waals surface area contributed by atoms with E-state index in [0.717, 1.165) is 29.0 Å². The van der Waals surface area contributed by atoms with Crippen LogP contribution in [0.5, 0.6) is 0 Å². The molecule has 0 bridgehead atoms. The molecule has 3 aromatic rings. The lowest BCUT2D eigenvalue weighted by molar-refractivity contribution is -0.139. The number of hydrogen-bond donors (Lipinski definition) is 1. The number of amides is 2. The minimum atomic E-state index is -4.90. The normalized spacial score (nSPS) is 12.5. The number of benzene rings is 3. The fourth-order valence-corrected chi connectivity index (χ4v) is 6.16. The highest BCUT2D eigenvalue weighted by Crippen LogP contribution is 2.38. The minimum Gasteiger partial charge on any atom is -0.354 e. The van der Waals surface area contributed by atoms with Gasteiger partial charge in [-0.2, -0.15) is 13.2 Å². The molecule has 0 saturated carbocycles. The number of nitrogens with one attached hydrogen (secondary N) is 1. The van der Waals surface area contributed by atoms with Gasteiger partial charge in [-0.1, -0.05) is 71.9 Å². The van der Waals surface area contributed by atoms with Gasteiger partial charge in [0.25, 0.3) is 10.0 Å². The number of hydrogen-bond acceptors (Lipinski definition) is 4. The Labute approximate surface area is 269 Å². The van der Waals surface area contributed by atoms with Gasteiger partial charge in [0.15, 0.2) is 0 Å². The van der Waals surface area contributed by atoms with E-state index in [-0.39, 0.29) is 21.5 Å². The van der Waals surface area contributed by atoms with Crippen LogP contribution in [0.2, 0.25) is 15.1 Å². The number of halogens is 6. The van der Waals surface area contributed by atoms with Gasteiger partial charge in [0.1, 0.15) is 12.6 Å². The maximum atomic E-state index is 14.0. The van der Waals surface area contributed by atoms with Crippen LogP contribution in [0.15, 0.2) is 65.6 Å². The Morgan fingerprint density at radius 1 is 0.932 bits per heavy atom. The monoisotopic (exact) mass is 691 g/mol. The van der Waals surface area contributed by atoms with Crippen molar-refractivity contribution in [2.75, 3.05) is 17.4 Å². The molecule has 3 rings (SSSR count). The first-order valence-electron chi connectivity index (χ1n) is 13.5. The molecule has 0 heterocycles. The number of sulfonamides is 1. The van der Waals surface area contributed by atoms with Crippen molar-refractivity contribution in [3.05, 3.63) is 92.4 Å². The first kappa shape index (κ1) is 35.5. The second-order valence-corrected chi connectivity index (χ2v) is 13.2. The van der Waals surface area contributed by atoms with Crippen LogP contribution in [-0.2, 0) is 32.3 Å². The van der Waals surface area contributed by atoms with Crippen molar-refractivity contribution in [2.24, 2.45) is 0 Å². The number of anilines is 1. The van der Waals surface area contributed by atoms with Gasteiger partial charge in [-0.05, 0) is 68.3 Å². The second kappa shape index (κ2) is 14.9. The Bertz CT molecular complexity index is 1600. The quantitative estimate of drug-likeness (QED) is 0.199. The van der Waals surface area contributed by atoms with Crippen molar-refractivity contribution in [3.8, 4) is 0 Å². The molecule has 0 radical (unpaired) electrons. The summed E-state index contributed by atoms with van der Waals surface area (Å²) in [6.07, 6.45) is -3.39. The average Bonchev–Trinajstić information content (AvgIpc) is 2.96. The predicted octanol–water partition coefficient (Wildman–Crippen LogP) is 7.50. The van der Waals surface area contributed by atoms with Crippen LogP contribution < -0.4 is 9.62 Å². The van der Waals surface area contributed by atoms with Crippen LogP contribution in [0.3, 0.4) is 0 Å². The highest BCUT2D eigenvalue weighted by molar-refractivity contribution is 7.92. The maximum absolute atomic E-state index is 14.0. The number of nitrogens with zero attached hydrogens (tertiary/aromatic N) is 2. The number of carbonyl (C=O) groups is 2. The SMILES string of the molecule is CCCCNC(=O)[C@@H](C)N(Cc1ccc(Cl)c(Cl)c1)C(=O)CN(c1ccc(Cl)c(C(F)(F)F)c1)S(=O)(=O)c1ccc(C)cc1. The van der Waals surface area contributed by atoms with Crippen molar-refractivity contribution < 1.29 is 31.2 Å². The summed E-state index contributed by atoms with van der Waals surface area (Å²) in [5.41, 5.74) is -0.484. The largest absolute Gasteiger partial charge is 0.417 e. The molecular formula is C30H31Cl3F3N3O4S. The average molecular weight is 693 g/mol. The Morgan fingerprint density at radius 3 is 2.16 bits per heavy atom. The smallest absolute Gasteiger partial charge is 0.354 e. The molecule has 0 fully saturated rings. The minimum absolute atomic E-state index is 0.176. The molecular weight excluding hydrogens is 662 g/mol. The molecule has 1 atom stereocenters. The van der Waals surface area contributed by atoms with Crippen molar-refractivity contribution in [2.45, 2.75) is 57.3 Å². The van der Waals surface area contributed by atoms with Crippen molar-refractivity contribution in [1.29, 1.82) is 0 Å². The van der Waals surface area contributed by atoms with Crippen LogP contribution in [0.1, 0.15) is 43.4 Å². The van der Waals surface area contributed by atoms with Gasteiger partial charge in [-0.3, -0.25) is 13.9 Å². The molecule has 0 unspecified atom stereocenters. The van der Waals surface area contributed by atoms with Gasteiger partial charge in [0.05, 0.1) is 31.2 Å². The Kier molecular flexibility index (Phi) is 12.0. The topological polar surface area (TPSA) is 86.8 Å². The summed E-state index contributed by atoms with van der Waals surface area (Å²) in [6.45, 7) is 4.40. The Morgan fingerprint density at radius 2 is 1.57 bits per heavy atom. The van der Waals surface area contributed by atoms with Gasteiger partial charge in [0.2, 0.25) is 11.8 Å². The van der Waals surface area contributed by atoms with Crippen molar-refractivity contribution in [3.63, 3.8) is 0 Å². The van der Waals surface area contributed by atoms with E-state index in [1.54, 1.807) is 13.0 Å². The summed E-state index contributed by atoms with van der Waals surface area (Å²) in [4.78, 5) is 27.9. The van der Waals surface area contributed by atoms with Crippen molar-refractivity contribution >= 4 is 62.3 Å². The molecule has 0 aliphatic carbocycles. The van der Waals surface area contributed by atoms with E-state index >= 15 is 0 Å². The third-order valence-electron chi connectivity index (χ3n) is 6.76. The molecule has 0 aliphatic rings. The standard InChI is InChI=1S/C30H31Cl3F3N3O4S/c1-4-5-14-37-29(41)20(3)38(17-21-8-12-26(32)27(33)15-21)28(40)18-39(44(42,43)23-10-6-19(2)7-11-23)22-9-13-25(31)24(16-22)30(34,35)36/h6-13,15-16,20H,4-5,14,17-18H2,1-3H3,(H,37,41)/t20-/m1/s1. The highest BCUT2D eigenvalue weighted by atomic mass is 35.5. The van der Waals surface area contributed by atoms with E-state index in [1.165, 1.54) is 43.3 Å². The molecule has 0 aromatic heterocycles. The third-order valence-corrected chi connectivity index (χ3v) is 9.62. The summed E-state index contributed by atoms with van der Waals surface area (Å²) >= 11 is 18.0. The highest BCUT2D eigenvalue weighted by Gasteiger charge is 2.37. The van der Waals surface area contributed by atoms with Crippen LogP contribution >= 0.6 is 34.8 Å². The Hall–Kier alpha value is -2.99. The molecule has 14 heteroatoms. The van der Waals surface area contributed by atoms with Gasteiger partial charge in [-0.25, -0.2) is 8.42 Å². The number of rotatable bonds is 12. The lowest BCUT2D eigenvalue weighted by Crippen LogP contribution is -2.51. The van der Waals surface area contributed by atoms with Gasteiger partial charge >= 0.3 is 6.18 Å². The first-order chi connectivity index (χ1) is 20.6. The van der Waals surface area contributed by atoms with Crippen LogP contribution in [0.25, 0.3) is 0 Å². The van der Waals surface area contributed by atoms with E-state index in [0.29, 0.717) is 28.9 Å². The van der Waals surface area contributed by atoms with E-state index in [9.17, 15) is 31.2 Å². The maximum Gasteiger partial charge on any atom is 0.417 e. The number of alkyl halides is 3. The van der Waals surface area contributed by atoms with Crippen LogP contribution in [-0.4, -0.2) is 44.3 Å². The summed E-state index contributed by atoms with van der Waals surface area (Å²) in [5, 5.41) is 2.57. The van der Waals surface area contributed by atoms with Gasteiger partial charge in [-0.15, -0.1) is 0 Å². The zero-order chi connectivity index (χ0) is 32.8. The molecule has 1 N–H and O–H groups in total. The van der Waals surface area contributed by atoms with E-state index in [1.807, 2.05) is 6.92 Å². The molecule has 0 aliphatic heterocycles. The lowest BCUT2D eigenvalue weighted by Gasteiger charge is -2.32. The first-order valence-corrected chi connectivity index (χ1v) is 16.1.